The van der Waals surface area contributed by atoms with Crippen LogP contribution in [0.2, 0.25) is 0 Å². The predicted octanol–water partition coefficient (Wildman–Crippen LogP) is 2.12. The van der Waals surface area contributed by atoms with E-state index >= 15 is 0 Å². The molecule has 20 heavy (non-hydrogen) atoms. The van der Waals surface area contributed by atoms with E-state index in [0.29, 0.717) is 11.5 Å². The van der Waals surface area contributed by atoms with Crippen LogP contribution in [0.1, 0.15) is 11.6 Å². The summed E-state index contributed by atoms with van der Waals surface area (Å²) in [4.78, 5) is 12.9. The van der Waals surface area contributed by atoms with Crippen molar-refractivity contribution in [2.75, 3.05) is 21.3 Å². The predicted molar refractivity (Wildman–Crippen MR) is 77.9 cm³/mol. The number of rotatable bonds is 4. The number of ether oxygens (including phenoxy) is 2. The molecular weight excluding hydrogens is 282 g/mol. The van der Waals surface area contributed by atoms with Crippen molar-refractivity contribution in [2.45, 2.75) is 12.1 Å². The Balaban J connectivity index is 0.00000200. The number of carbonyl (C=O) groups is 1. The number of likely N-dealkylation sites (N-methyl/N-ethyl adjacent to an activating group) is 1. The smallest absolute Gasteiger partial charge is 0.324 e. The van der Waals surface area contributed by atoms with Crippen LogP contribution in [0.5, 0.6) is 11.5 Å². The van der Waals surface area contributed by atoms with Gasteiger partial charge in [-0.1, -0.05) is 18.2 Å². The summed E-state index contributed by atoms with van der Waals surface area (Å²) in [5.74, 6) is 0.452. The second kappa shape index (κ2) is 6.63. The van der Waals surface area contributed by atoms with Gasteiger partial charge in [0.25, 0.3) is 0 Å². The maximum absolute atomic E-state index is 11.1. The maximum atomic E-state index is 11.1. The number of aliphatic carboxylic acids is 1. The number of methoxy groups -OCH3 is 2. The lowest BCUT2D eigenvalue weighted by Crippen LogP contribution is -2.34. The van der Waals surface area contributed by atoms with E-state index in [1.54, 1.807) is 32.2 Å². The van der Waals surface area contributed by atoms with E-state index in [0.717, 1.165) is 5.56 Å². The van der Waals surface area contributed by atoms with Crippen LogP contribution in [0.15, 0.2) is 30.4 Å². The zero-order chi connectivity index (χ0) is 14.0. The minimum absolute atomic E-state index is 0. The maximum Gasteiger partial charge on any atom is 0.324 e. The lowest BCUT2D eigenvalue weighted by Gasteiger charge is -2.24. The summed E-state index contributed by atoms with van der Waals surface area (Å²) in [6, 6.07) is 4.95. The molecule has 2 unspecified atom stereocenters. The first-order chi connectivity index (χ1) is 9.08. The van der Waals surface area contributed by atoms with Gasteiger partial charge in [-0.15, -0.1) is 12.4 Å². The molecule has 2 atom stereocenters. The Bertz CT molecular complexity index is 518. The van der Waals surface area contributed by atoms with Gasteiger partial charge < -0.3 is 14.6 Å². The molecule has 1 heterocycles. The standard InChI is InChI=1S/C14H17NO4.ClH/c1-15-10(5-6-11(15)14(16)17)9-4-7-12(18-2)13(8-9)19-3;/h4-8,10-11H,1-3H3,(H,16,17);1H. The van der Waals surface area contributed by atoms with E-state index < -0.39 is 12.0 Å². The van der Waals surface area contributed by atoms with Crippen molar-refractivity contribution in [1.29, 1.82) is 0 Å². The number of carboxylic acids is 1. The van der Waals surface area contributed by atoms with Crippen molar-refractivity contribution in [3.8, 4) is 11.5 Å². The monoisotopic (exact) mass is 299 g/mol. The summed E-state index contributed by atoms with van der Waals surface area (Å²) < 4.78 is 10.5. The molecule has 2 rings (SSSR count). The Labute approximate surface area is 124 Å². The first-order valence-corrected chi connectivity index (χ1v) is 5.93. The van der Waals surface area contributed by atoms with Crippen molar-refractivity contribution in [3.63, 3.8) is 0 Å². The topological polar surface area (TPSA) is 59.0 Å². The molecule has 0 radical (unpaired) electrons. The third-order valence-electron chi connectivity index (χ3n) is 3.36. The van der Waals surface area contributed by atoms with E-state index in [-0.39, 0.29) is 18.4 Å². The summed E-state index contributed by atoms with van der Waals surface area (Å²) in [5.41, 5.74) is 0.972. The van der Waals surface area contributed by atoms with Gasteiger partial charge in [-0.25, -0.2) is 0 Å². The largest absolute Gasteiger partial charge is 0.493 e. The number of benzene rings is 1. The Kier molecular flexibility index (Phi) is 5.42. The molecule has 5 nitrogen and oxygen atoms in total. The zero-order valence-electron chi connectivity index (χ0n) is 11.6. The summed E-state index contributed by atoms with van der Waals surface area (Å²) in [5, 5.41) is 9.09. The Morgan fingerprint density at radius 3 is 2.35 bits per heavy atom. The molecule has 6 heteroatoms. The molecule has 1 aliphatic heterocycles. The molecule has 1 aromatic carbocycles. The fourth-order valence-corrected chi connectivity index (χ4v) is 2.29. The highest BCUT2D eigenvalue weighted by Crippen LogP contribution is 2.35. The van der Waals surface area contributed by atoms with Gasteiger partial charge in [0.2, 0.25) is 0 Å². The van der Waals surface area contributed by atoms with Crippen molar-refractivity contribution < 1.29 is 19.4 Å². The SMILES string of the molecule is COc1ccc(C2C=CC(C(=O)O)N2C)cc1OC.Cl. The molecule has 0 saturated carbocycles. The molecule has 0 spiro atoms. The number of halogens is 1. The second-order valence-corrected chi connectivity index (χ2v) is 4.39. The van der Waals surface area contributed by atoms with E-state index in [9.17, 15) is 4.79 Å². The molecule has 0 amide bonds. The summed E-state index contributed by atoms with van der Waals surface area (Å²) in [6.45, 7) is 0. The molecule has 1 aliphatic rings. The fraction of sp³-hybridized carbons (Fsp3) is 0.357. The van der Waals surface area contributed by atoms with Crippen LogP contribution < -0.4 is 9.47 Å². The first-order valence-electron chi connectivity index (χ1n) is 5.93. The minimum Gasteiger partial charge on any atom is -0.493 e. The third kappa shape index (κ3) is 2.89. The average molecular weight is 300 g/mol. The molecule has 1 aromatic rings. The highest BCUT2D eigenvalue weighted by Gasteiger charge is 2.31. The Hall–Kier alpha value is -1.72. The first kappa shape index (κ1) is 16.3. The van der Waals surface area contributed by atoms with Gasteiger partial charge >= 0.3 is 5.97 Å². The van der Waals surface area contributed by atoms with Crippen LogP contribution in [-0.2, 0) is 4.79 Å². The van der Waals surface area contributed by atoms with Crippen molar-refractivity contribution in [2.24, 2.45) is 0 Å². The van der Waals surface area contributed by atoms with Gasteiger partial charge in [0.05, 0.1) is 20.3 Å². The summed E-state index contributed by atoms with van der Waals surface area (Å²) >= 11 is 0. The van der Waals surface area contributed by atoms with E-state index in [4.69, 9.17) is 14.6 Å². The van der Waals surface area contributed by atoms with Crippen LogP contribution in [0.3, 0.4) is 0 Å². The van der Waals surface area contributed by atoms with Gasteiger partial charge in [-0.05, 0) is 24.7 Å². The van der Waals surface area contributed by atoms with Crippen LogP contribution in [0.25, 0.3) is 0 Å². The third-order valence-corrected chi connectivity index (χ3v) is 3.36. The molecule has 0 aromatic heterocycles. The lowest BCUT2D eigenvalue weighted by atomic mass is 10.1. The average Bonchev–Trinajstić information content (AvgIpc) is 2.80. The Morgan fingerprint density at radius 2 is 1.85 bits per heavy atom. The van der Waals surface area contributed by atoms with Gasteiger partial charge in [-0.3, -0.25) is 9.69 Å². The van der Waals surface area contributed by atoms with Crippen LogP contribution in [0, 0.1) is 0 Å². The molecule has 0 saturated heterocycles. The fourth-order valence-electron chi connectivity index (χ4n) is 2.29. The number of carboxylic acid groups (broad SMARTS) is 1. The van der Waals surface area contributed by atoms with Gasteiger partial charge in [0.15, 0.2) is 11.5 Å². The minimum atomic E-state index is -0.846. The number of hydrogen-bond donors (Lipinski definition) is 1. The van der Waals surface area contributed by atoms with Crippen molar-refractivity contribution >= 4 is 18.4 Å². The highest BCUT2D eigenvalue weighted by atomic mass is 35.5. The molecule has 110 valence electrons. The second-order valence-electron chi connectivity index (χ2n) is 4.39. The van der Waals surface area contributed by atoms with Gasteiger partial charge in [0, 0.05) is 0 Å². The Morgan fingerprint density at radius 1 is 1.20 bits per heavy atom. The van der Waals surface area contributed by atoms with E-state index in [1.807, 2.05) is 24.3 Å². The van der Waals surface area contributed by atoms with Crippen molar-refractivity contribution in [1.82, 2.24) is 4.90 Å². The van der Waals surface area contributed by atoms with E-state index in [2.05, 4.69) is 0 Å². The number of nitrogens with zero attached hydrogens (tertiary/aromatic N) is 1. The van der Waals surface area contributed by atoms with Crippen LogP contribution >= 0.6 is 12.4 Å². The van der Waals surface area contributed by atoms with Crippen LogP contribution in [-0.4, -0.2) is 43.3 Å². The summed E-state index contributed by atoms with van der Waals surface area (Å²) in [7, 11) is 4.95. The normalized spacial score (nSPS) is 21.4. The van der Waals surface area contributed by atoms with Crippen molar-refractivity contribution in [3.05, 3.63) is 35.9 Å². The van der Waals surface area contributed by atoms with Gasteiger partial charge in [0.1, 0.15) is 6.04 Å². The zero-order valence-corrected chi connectivity index (χ0v) is 12.4. The molecular formula is C14H18ClNO4. The van der Waals surface area contributed by atoms with E-state index in [1.165, 1.54) is 0 Å². The quantitative estimate of drug-likeness (QED) is 0.863. The molecule has 1 N–H and O–H groups in total. The molecule has 0 fully saturated rings. The van der Waals surface area contributed by atoms with Gasteiger partial charge in [-0.2, -0.15) is 0 Å². The lowest BCUT2D eigenvalue weighted by molar-refractivity contribution is -0.140. The molecule has 0 aliphatic carbocycles. The summed E-state index contributed by atoms with van der Waals surface area (Å²) in [6.07, 6.45) is 3.59. The number of hydrogen-bond acceptors (Lipinski definition) is 4. The molecule has 0 bridgehead atoms. The van der Waals surface area contributed by atoms with Crippen LogP contribution in [0.4, 0.5) is 0 Å². The highest BCUT2D eigenvalue weighted by molar-refractivity contribution is 5.85.